The highest BCUT2D eigenvalue weighted by Gasteiger charge is 2.09. The second-order valence-corrected chi connectivity index (χ2v) is 6.34. The van der Waals surface area contributed by atoms with E-state index in [-0.39, 0.29) is 17.3 Å². The topological polar surface area (TPSA) is 46.2 Å². The lowest BCUT2D eigenvalue weighted by molar-refractivity contribution is 0.595. The van der Waals surface area contributed by atoms with Crippen LogP contribution in [0.3, 0.4) is 0 Å². The lowest BCUT2D eigenvalue weighted by Gasteiger charge is -2.09. The summed E-state index contributed by atoms with van der Waals surface area (Å²) in [5.74, 6) is -0.0392. The molecule has 0 aromatic heterocycles. The molecule has 0 bridgehead atoms. The smallest absolute Gasteiger partial charge is 0.152 e. The van der Waals surface area contributed by atoms with Gasteiger partial charge in [-0.2, -0.15) is 0 Å². The third kappa shape index (κ3) is 4.73. The summed E-state index contributed by atoms with van der Waals surface area (Å²) in [6, 6.07) is 4.42. The highest BCUT2D eigenvalue weighted by Crippen LogP contribution is 2.15. The van der Waals surface area contributed by atoms with Crippen molar-refractivity contribution in [1.29, 1.82) is 0 Å². The van der Waals surface area contributed by atoms with Crippen LogP contribution in [0.5, 0.6) is 0 Å². The Morgan fingerprint density at radius 2 is 2.00 bits per heavy atom. The fourth-order valence-electron chi connectivity index (χ4n) is 1.54. The van der Waals surface area contributed by atoms with E-state index in [9.17, 15) is 12.8 Å². The van der Waals surface area contributed by atoms with Crippen LogP contribution >= 0.6 is 0 Å². The maximum Gasteiger partial charge on any atom is 0.152 e. The van der Waals surface area contributed by atoms with Crippen molar-refractivity contribution in [2.45, 2.75) is 20.3 Å². The number of rotatable bonds is 6. The van der Waals surface area contributed by atoms with Crippen LogP contribution in [0, 0.1) is 12.7 Å². The van der Waals surface area contributed by atoms with E-state index in [0.29, 0.717) is 18.7 Å². The number of sulfone groups is 1. The molecule has 0 atom stereocenters. The fourth-order valence-corrected chi connectivity index (χ4v) is 2.78. The molecule has 0 saturated carbocycles. The van der Waals surface area contributed by atoms with Crippen LogP contribution in [0.15, 0.2) is 18.2 Å². The number of hydrogen-bond acceptors (Lipinski definition) is 3. The zero-order chi connectivity index (χ0) is 12.9. The molecule has 96 valence electrons. The van der Waals surface area contributed by atoms with Gasteiger partial charge in [-0.15, -0.1) is 0 Å². The molecular weight excluding hydrogens is 241 g/mol. The number of hydrogen-bond donors (Lipinski definition) is 1. The third-order valence-corrected chi connectivity index (χ3v) is 4.30. The minimum absolute atomic E-state index is 0.0802. The molecule has 17 heavy (non-hydrogen) atoms. The average Bonchev–Trinajstić information content (AvgIpc) is 2.23. The van der Waals surface area contributed by atoms with Crippen LogP contribution < -0.4 is 5.32 Å². The Labute approximate surface area is 102 Å². The first kappa shape index (κ1) is 14.0. The molecular formula is C12H18FNO2S. The van der Waals surface area contributed by atoms with Gasteiger partial charge in [-0.25, -0.2) is 12.8 Å². The third-order valence-electron chi connectivity index (χ3n) is 2.44. The fraction of sp³-hybridized carbons (Fsp3) is 0.500. The maximum absolute atomic E-state index is 13.0. The van der Waals surface area contributed by atoms with Crippen molar-refractivity contribution in [2.24, 2.45) is 0 Å². The first-order valence-corrected chi connectivity index (χ1v) is 7.47. The van der Waals surface area contributed by atoms with Crippen LogP contribution in [0.1, 0.15) is 18.9 Å². The first-order chi connectivity index (χ1) is 7.94. The Bertz CT molecular complexity index is 471. The largest absolute Gasteiger partial charge is 0.384 e. The van der Waals surface area contributed by atoms with Gasteiger partial charge >= 0.3 is 0 Å². The van der Waals surface area contributed by atoms with Crippen molar-refractivity contribution < 1.29 is 12.8 Å². The Morgan fingerprint density at radius 3 is 2.65 bits per heavy atom. The SMILES string of the molecule is CCCS(=O)(=O)CCNc1cc(F)ccc1C. The number of halogens is 1. The van der Waals surface area contributed by atoms with E-state index < -0.39 is 9.84 Å². The Morgan fingerprint density at radius 1 is 1.29 bits per heavy atom. The van der Waals surface area contributed by atoms with Gasteiger partial charge in [-0.3, -0.25) is 0 Å². The molecule has 1 aromatic carbocycles. The molecule has 1 rings (SSSR count). The normalized spacial score (nSPS) is 11.5. The van der Waals surface area contributed by atoms with Gasteiger partial charge < -0.3 is 5.32 Å². The summed E-state index contributed by atoms with van der Waals surface area (Å²) in [4.78, 5) is 0. The molecule has 0 aliphatic carbocycles. The average molecular weight is 259 g/mol. The van der Waals surface area contributed by atoms with Gasteiger partial charge in [0.1, 0.15) is 5.82 Å². The second-order valence-electron chi connectivity index (χ2n) is 4.04. The molecule has 0 amide bonds. The predicted octanol–water partition coefficient (Wildman–Crippen LogP) is 2.37. The zero-order valence-corrected chi connectivity index (χ0v) is 11.0. The molecule has 0 saturated heterocycles. The lowest BCUT2D eigenvalue weighted by Crippen LogP contribution is -2.18. The van der Waals surface area contributed by atoms with E-state index in [1.165, 1.54) is 12.1 Å². The van der Waals surface area contributed by atoms with E-state index >= 15 is 0 Å². The van der Waals surface area contributed by atoms with Crippen molar-refractivity contribution in [2.75, 3.05) is 23.4 Å². The second kappa shape index (κ2) is 6.00. The van der Waals surface area contributed by atoms with Crippen LogP contribution in [0.25, 0.3) is 0 Å². The monoisotopic (exact) mass is 259 g/mol. The van der Waals surface area contributed by atoms with E-state index in [1.807, 2.05) is 13.8 Å². The van der Waals surface area contributed by atoms with Gasteiger partial charge in [0.15, 0.2) is 9.84 Å². The van der Waals surface area contributed by atoms with Crippen molar-refractivity contribution in [3.63, 3.8) is 0 Å². The number of nitrogens with one attached hydrogen (secondary N) is 1. The molecule has 0 spiro atoms. The molecule has 0 aliphatic rings. The minimum atomic E-state index is -2.98. The lowest BCUT2D eigenvalue weighted by atomic mass is 10.2. The van der Waals surface area contributed by atoms with E-state index in [2.05, 4.69) is 5.32 Å². The quantitative estimate of drug-likeness (QED) is 0.853. The summed E-state index contributed by atoms with van der Waals surface area (Å²) in [6.07, 6.45) is 0.626. The molecule has 0 aliphatic heterocycles. The van der Waals surface area contributed by atoms with Crippen LogP contribution in [0.4, 0.5) is 10.1 Å². The molecule has 1 aromatic rings. The molecule has 1 N–H and O–H groups in total. The van der Waals surface area contributed by atoms with Crippen LogP contribution in [0.2, 0.25) is 0 Å². The summed E-state index contributed by atoms with van der Waals surface area (Å²) in [7, 11) is -2.98. The van der Waals surface area contributed by atoms with Gasteiger partial charge in [0, 0.05) is 18.0 Å². The minimum Gasteiger partial charge on any atom is -0.384 e. The highest BCUT2D eigenvalue weighted by molar-refractivity contribution is 7.91. The van der Waals surface area contributed by atoms with Gasteiger partial charge in [-0.05, 0) is 31.0 Å². The van der Waals surface area contributed by atoms with Gasteiger partial charge in [-0.1, -0.05) is 13.0 Å². The number of benzene rings is 1. The van der Waals surface area contributed by atoms with Gasteiger partial charge in [0.25, 0.3) is 0 Å². The standard InChI is InChI=1S/C12H18FNO2S/c1-3-7-17(15,16)8-6-14-12-9-11(13)5-4-10(12)2/h4-5,9,14H,3,6-8H2,1-2H3. The molecule has 0 unspecified atom stereocenters. The van der Waals surface area contributed by atoms with Crippen molar-refractivity contribution in [1.82, 2.24) is 0 Å². The summed E-state index contributed by atoms with van der Waals surface area (Å²) >= 11 is 0. The van der Waals surface area contributed by atoms with Gasteiger partial charge in [0.05, 0.1) is 5.75 Å². The highest BCUT2D eigenvalue weighted by atomic mass is 32.2. The van der Waals surface area contributed by atoms with E-state index in [1.54, 1.807) is 6.07 Å². The number of aryl methyl sites for hydroxylation is 1. The maximum atomic E-state index is 13.0. The van der Waals surface area contributed by atoms with E-state index in [4.69, 9.17) is 0 Å². The summed E-state index contributed by atoms with van der Waals surface area (Å²) in [5.41, 5.74) is 1.55. The van der Waals surface area contributed by atoms with Crippen molar-refractivity contribution in [3.05, 3.63) is 29.6 Å². The molecule has 3 nitrogen and oxygen atoms in total. The molecule has 0 radical (unpaired) electrons. The van der Waals surface area contributed by atoms with E-state index in [0.717, 1.165) is 5.56 Å². The van der Waals surface area contributed by atoms with Crippen molar-refractivity contribution >= 4 is 15.5 Å². The Kier molecular flexibility index (Phi) is 4.93. The summed E-state index contributed by atoms with van der Waals surface area (Å²) in [6.45, 7) is 4.00. The predicted molar refractivity (Wildman–Crippen MR) is 68.6 cm³/mol. The number of anilines is 1. The molecule has 0 heterocycles. The molecule has 5 heteroatoms. The zero-order valence-electron chi connectivity index (χ0n) is 10.2. The summed E-state index contributed by atoms with van der Waals surface area (Å²) in [5, 5.41) is 2.95. The first-order valence-electron chi connectivity index (χ1n) is 5.65. The summed E-state index contributed by atoms with van der Waals surface area (Å²) < 4.78 is 35.9. The Balaban J connectivity index is 2.54. The molecule has 0 fully saturated rings. The van der Waals surface area contributed by atoms with Crippen LogP contribution in [-0.2, 0) is 9.84 Å². The van der Waals surface area contributed by atoms with Crippen molar-refractivity contribution in [3.8, 4) is 0 Å². The van der Waals surface area contributed by atoms with Crippen LogP contribution in [-0.4, -0.2) is 26.5 Å². The Hall–Kier alpha value is -1.10. The van der Waals surface area contributed by atoms with Gasteiger partial charge in [0.2, 0.25) is 0 Å².